The van der Waals surface area contributed by atoms with E-state index in [1.165, 1.54) is 11.3 Å². The van der Waals surface area contributed by atoms with Crippen molar-refractivity contribution in [3.8, 4) is 0 Å². The van der Waals surface area contributed by atoms with Gasteiger partial charge in [0.05, 0.1) is 22.4 Å². The molecule has 0 saturated heterocycles. The number of hydrogen-bond donors (Lipinski definition) is 1. The van der Waals surface area contributed by atoms with Crippen molar-refractivity contribution >= 4 is 15.9 Å². The van der Waals surface area contributed by atoms with Gasteiger partial charge in [0, 0.05) is 26.0 Å². The predicted molar refractivity (Wildman–Crippen MR) is 76.6 cm³/mol. The minimum absolute atomic E-state index is 0.841. The third kappa shape index (κ3) is 2.67. The Balaban J connectivity index is 2.20. The summed E-state index contributed by atoms with van der Waals surface area (Å²) in [5.41, 5.74) is 3.63. The first kappa shape index (κ1) is 13.4. The maximum Gasteiger partial charge on any atom is 0.0767 e. The van der Waals surface area contributed by atoms with Crippen molar-refractivity contribution in [2.45, 2.75) is 26.4 Å². The molecule has 98 valence electrons. The van der Waals surface area contributed by atoms with Crippen LogP contribution in [0.25, 0.3) is 0 Å². The quantitative estimate of drug-likeness (QED) is 0.919. The second kappa shape index (κ2) is 5.71. The van der Waals surface area contributed by atoms with Crippen LogP contribution in [-0.4, -0.2) is 21.4 Å². The van der Waals surface area contributed by atoms with Gasteiger partial charge in [-0.2, -0.15) is 5.10 Å². The molecule has 18 heavy (non-hydrogen) atoms. The lowest BCUT2D eigenvalue weighted by Gasteiger charge is -2.04. The van der Waals surface area contributed by atoms with Crippen molar-refractivity contribution in [1.29, 1.82) is 0 Å². The van der Waals surface area contributed by atoms with Crippen LogP contribution in [0.2, 0.25) is 0 Å². The lowest BCUT2D eigenvalue weighted by atomic mass is 10.3. The van der Waals surface area contributed by atoms with E-state index < -0.39 is 0 Å². The second-order valence-corrected chi connectivity index (χ2v) is 5.20. The maximum absolute atomic E-state index is 4.51. The molecule has 1 N–H and O–H groups in total. The van der Waals surface area contributed by atoms with Crippen molar-refractivity contribution in [2.75, 3.05) is 7.05 Å². The Morgan fingerprint density at radius 1 is 1.44 bits per heavy atom. The SMILES string of the molecule is CCc1nn(C)c(Cn2ccc(CNC)c2)c1Br. The monoisotopic (exact) mass is 310 g/mol. The number of aromatic nitrogens is 3. The zero-order valence-electron chi connectivity index (χ0n) is 11.1. The van der Waals surface area contributed by atoms with Crippen LogP contribution >= 0.6 is 15.9 Å². The molecule has 2 rings (SSSR count). The minimum atomic E-state index is 0.841. The Morgan fingerprint density at radius 2 is 2.22 bits per heavy atom. The summed E-state index contributed by atoms with van der Waals surface area (Å²) >= 11 is 3.65. The number of halogens is 1. The molecule has 0 bridgehead atoms. The van der Waals surface area contributed by atoms with Gasteiger partial charge in [-0.05, 0) is 41.0 Å². The molecule has 2 aromatic heterocycles. The van der Waals surface area contributed by atoms with E-state index in [0.717, 1.165) is 29.7 Å². The topological polar surface area (TPSA) is 34.8 Å². The molecule has 0 unspecified atom stereocenters. The first-order valence-corrected chi connectivity index (χ1v) is 6.94. The molecule has 0 atom stereocenters. The molecule has 0 saturated carbocycles. The highest BCUT2D eigenvalue weighted by molar-refractivity contribution is 9.10. The smallest absolute Gasteiger partial charge is 0.0767 e. The molecule has 0 aromatic carbocycles. The van der Waals surface area contributed by atoms with Gasteiger partial charge in [0.2, 0.25) is 0 Å². The van der Waals surface area contributed by atoms with Crippen LogP contribution in [-0.2, 0) is 26.6 Å². The highest BCUT2D eigenvalue weighted by atomic mass is 79.9. The molecular weight excluding hydrogens is 292 g/mol. The van der Waals surface area contributed by atoms with Crippen LogP contribution in [0.15, 0.2) is 22.9 Å². The van der Waals surface area contributed by atoms with Crippen molar-refractivity contribution in [2.24, 2.45) is 7.05 Å². The first-order valence-electron chi connectivity index (χ1n) is 6.15. The van der Waals surface area contributed by atoms with Crippen molar-refractivity contribution < 1.29 is 0 Å². The van der Waals surface area contributed by atoms with Crippen molar-refractivity contribution in [3.05, 3.63) is 39.9 Å². The molecule has 2 heterocycles. The molecule has 0 spiro atoms. The fourth-order valence-corrected chi connectivity index (χ4v) is 2.80. The summed E-state index contributed by atoms with van der Waals surface area (Å²) in [5, 5.41) is 7.67. The minimum Gasteiger partial charge on any atom is -0.348 e. The Labute approximate surface area is 116 Å². The average molecular weight is 311 g/mol. The van der Waals surface area contributed by atoms with Crippen molar-refractivity contribution in [1.82, 2.24) is 19.7 Å². The van der Waals surface area contributed by atoms with Gasteiger partial charge in [-0.1, -0.05) is 6.92 Å². The summed E-state index contributed by atoms with van der Waals surface area (Å²) in [7, 11) is 3.96. The lowest BCUT2D eigenvalue weighted by molar-refractivity contribution is 0.659. The molecule has 5 heteroatoms. The zero-order chi connectivity index (χ0) is 13.1. The fourth-order valence-electron chi connectivity index (χ4n) is 2.06. The van der Waals surface area contributed by atoms with Gasteiger partial charge in [-0.15, -0.1) is 0 Å². The molecule has 2 aromatic rings. The van der Waals surface area contributed by atoms with Gasteiger partial charge in [-0.25, -0.2) is 0 Å². The maximum atomic E-state index is 4.51. The van der Waals surface area contributed by atoms with E-state index in [9.17, 15) is 0 Å². The van der Waals surface area contributed by atoms with Gasteiger partial charge in [0.25, 0.3) is 0 Å². The summed E-state index contributed by atoms with van der Waals surface area (Å²) in [6.07, 6.45) is 5.23. The molecule has 0 aliphatic carbocycles. The Bertz CT molecular complexity index is 527. The standard InChI is InChI=1S/C13H19BrN4/c1-4-11-13(14)12(17(3)16-11)9-18-6-5-10(8-18)7-15-2/h5-6,8,15H,4,7,9H2,1-3H3. The summed E-state index contributed by atoms with van der Waals surface area (Å²) in [5.74, 6) is 0. The Kier molecular flexibility index (Phi) is 4.24. The predicted octanol–water partition coefficient (Wildman–Crippen LogP) is 2.31. The number of aryl methyl sites for hydroxylation is 2. The molecule has 0 fully saturated rings. The Morgan fingerprint density at radius 3 is 2.83 bits per heavy atom. The van der Waals surface area contributed by atoms with Gasteiger partial charge in [-0.3, -0.25) is 4.68 Å². The third-order valence-corrected chi connectivity index (χ3v) is 3.94. The number of nitrogens with zero attached hydrogens (tertiary/aromatic N) is 3. The molecule has 0 radical (unpaired) electrons. The lowest BCUT2D eigenvalue weighted by Crippen LogP contribution is -2.06. The Hall–Kier alpha value is -1.07. The summed E-state index contributed by atoms with van der Waals surface area (Å²) in [4.78, 5) is 0. The van der Waals surface area contributed by atoms with E-state index >= 15 is 0 Å². The zero-order valence-corrected chi connectivity index (χ0v) is 12.7. The van der Waals surface area contributed by atoms with E-state index in [1.54, 1.807) is 0 Å². The highest BCUT2D eigenvalue weighted by Crippen LogP contribution is 2.22. The normalized spacial score (nSPS) is 11.1. The largest absolute Gasteiger partial charge is 0.348 e. The van der Waals surface area contributed by atoms with Crippen LogP contribution in [0.4, 0.5) is 0 Å². The third-order valence-electron chi connectivity index (χ3n) is 3.03. The average Bonchev–Trinajstić information content (AvgIpc) is 2.89. The van der Waals surface area contributed by atoms with Gasteiger partial charge < -0.3 is 9.88 Å². The van der Waals surface area contributed by atoms with Gasteiger partial charge in [0.15, 0.2) is 0 Å². The van der Waals surface area contributed by atoms with E-state index in [4.69, 9.17) is 0 Å². The van der Waals surface area contributed by atoms with E-state index in [0.29, 0.717) is 0 Å². The number of nitrogens with one attached hydrogen (secondary N) is 1. The van der Waals surface area contributed by atoms with Crippen LogP contribution in [0.1, 0.15) is 23.9 Å². The van der Waals surface area contributed by atoms with Crippen LogP contribution < -0.4 is 5.32 Å². The molecular formula is C13H19BrN4. The van der Waals surface area contributed by atoms with Crippen LogP contribution in [0, 0.1) is 0 Å². The van der Waals surface area contributed by atoms with E-state index in [2.05, 4.69) is 56.3 Å². The molecule has 0 aliphatic rings. The molecule has 4 nitrogen and oxygen atoms in total. The van der Waals surface area contributed by atoms with Gasteiger partial charge >= 0.3 is 0 Å². The van der Waals surface area contributed by atoms with Crippen LogP contribution in [0.5, 0.6) is 0 Å². The fraction of sp³-hybridized carbons (Fsp3) is 0.462. The van der Waals surface area contributed by atoms with Gasteiger partial charge in [0.1, 0.15) is 0 Å². The van der Waals surface area contributed by atoms with Crippen molar-refractivity contribution in [3.63, 3.8) is 0 Å². The molecule has 0 aliphatic heterocycles. The first-order chi connectivity index (χ1) is 8.65. The highest BCUT2D eigenvalue weighted by Gasteiger charge is 2.12. The molecule has 0 amide bonds. The second-order valence-electron chi connectivity index (χ2n) is 4.41. The van der Waals surface area contributed by atoms with Crippen LogP contribution in [0.3, 0.4) is 0 Å². The van der Waals surface area contributed by atoms with E-state index in [1.807, 2.05) is 18.8 Å². The number of rotatable bonds is 5. The summed E-state index contributed by atoms with van der Waals surface area (Å²) < 4.78 is 5.28. The summed E-state index contributed by atoms with van der Waals surface area (Å²) in [6, 6.07) is 2.14. The van der Waals surface area contributed by atoms with E-state index in [-0.39, 0.29) is 0 Å². The number of hydrogen-bond acceptors (Lipinski definition) is 2. The summed E-state index contributed by atoms with van der Waals surface area (Å²) in [6.45, 7) is 3.87.